The lowest BCUT2D eigenvalue weighted by Crippen LogP contribution is -2.15. The predicted molar refractivity (Wildman–Crippen MR) is 79.6 cm³/mol. The van der Waals surface area contributed by atoms with Crippen LogP contribution in [0.15, 0.2) is 29.6 Å². The van der Waals surface area contributed by atoms with E-state index in [0.717, 1.165) is 11.4 Å². The maximum atomic E-state index is 11.8. The lowest BCUT2D eigenvalue weighted by atomic mass is 10.2. The highest BCUT2D eigenvalue weighted by atomic mass is 32.1. The molecule has 0 unspecified atom stereocenters. The molecule has 0 saturated carbocycles. The number of rotatable bonds is 4. The average Bonchev–Trinajstić information content (AvgIpc) is 2.75. The number of benzene rings is 1. The Bertz CT molecular complexity index is 562. The molecule has 0 fully saturated rings. The molecular weight excluding hydrogens is 260 g/mol. The van der Waals surface area contributed by atoms with Crippen molar-refractivity contribution in [3.05, 3.63) is 35.3 Å². The van der Waals surface area contributed by atoms with E-state index in [1.807, 2.05) is 43.3 Å². The van der Waals surface area contributed by atoms with Crippen LogP contribution in [0.3, 0.4) is 0 Å². The third-order valence-corrected chi connectivity index (χ3v) is 3.30. The van der Waals surface area contributed by atoms with Gasteiger partial charge in [-0.05, 0) is 24.3 Å². The molecule has 0 spiro atoms. The zero-order valence-corrected chi connectivity index (χ0v) is 11.7. The van der Waals surface area contributed by atoms with Gasteiger partial charge in [0.05, 0.1) is 12.1 Å². The van der Waals surface area contributed by atoms with Gasteiger partial charge >= 0.3 is 0 Å². The third-order valence-electron chi connectivity index (χ3n) is 2.58. The van der Waals surface area contributed by atoms with Crippen LogP contribution in [0.25, 0.3) is 0 Å². The first kappa shape index (κ1) is 13.4. The van der Waals surface area contributed by atoms with Crippen LogP contribution in [-0.2, 0) is 11.2 Å². The van der Waals surface area contributed by atoms with Gasteiger partial charge in [0.25, 0.3) is 0 Å². The summed E-state index contributed by atoms with van der Waals surface area (Å²) in [6, 6.07) is 7.66. The van der Waals surface area contributed by atoms with Crippen molar-refractivity contribution < 1.29 is 4.79 Å². The van der Waals surface area contributed by atoms with Gasteiger partial charge in [-0.25, -0.2) is 4.98 Å². The Hall–Kier alpha value is -2.08. The van der Waals surface area contributed by atoms with Gasteiger partial charge in [-0.1, -0.05) is 0 Å². The highest BCUT2D eigenvalue weighted by Crippen LogP contribution is 2.16. The summed E-state index contributed by atoms with van der Waals surface area (Å²) in [7, 11) is 3.94. The number of hydrogen-bond donors (Lipinski definition) is 2. The third kappa shape index (κ3) is 3.69. The summed E-state index contributed by atoms with van der Waals surface area (Å²) in [6.07, 6.45) is 0.239. The largest absolute Gasteiger partial charge is 0.378 e. The van der Waals surface area contributed by atoms with Crippen LogP contribution in [0.4, 0.5) is 16.5 Å². The molecule has 1 aromatic carbocycles. The molecule has 1 aromatic heterocycles. The number of carbonyl (C=O) groups is 1. The Balaban J connectivity index is 1.95. The second-order valence-electron chi connectivity index (χ2n) is 4.34. The van der Waals surface area contributed by atoms with E-state index in [2.05, 4.69) is 10.3 Å². The van der Waals surface area contributed by atoms with Crippen LogP contribution in [0.5, 0.6) is 0 Å². The topological polar surface area (TPSA) is 71.2 Å². The highest BCUT2D eigenvalue weighted by molar-refractivity contribution is 7.13. The summed E-state index contributed by atoms with van der Waals surface area (Å²) in [6.45, 7) is 0. The second kappa shape index (κ2) is 5.71. The van der Waals surface area contributed by atoms with Crippen molar-refractivity contribution in [1.29, 1.82) is 0 Å². The molecule has 5 nitrogen and oxygen atoms in total. The molecule has 2 aromatic rings. The molecule has 2 rings (SSSR count). The van der Waals surface area contributed by atoms with Crippen molar-refractivity contribution in [1.82, 2.24) is 4.98 Å². The molecule has 6 heteroatoms. The van der Waals surface area contributed by atoms with E-state index in [-0.39, 0.29) is 12.3 Å². The fourth-order valence-corrected chi connectivity index (χ4v) is 2.18. The SMILES string of the molecule is CN(C)c1ccc(NC(=O)Cc2csc(N)n2)cc1. The molecule has 0 bridgehead atoms. The zero-order chi connectivity index (χ0) is 13.8. The summed E-state index contributed by atoms with van der Waals surface area (Å²) in [5, 5.41) is 5.11. The average molecular weight is 276 g/mol. The number of aromatic nitrogens is 1. The van der Waals surface area contributed by atoms with Gasteiger partial charge in [0.15, 0.2) is 5.13 Å². The lowest BCUT2D eigenvalue weighted by molar-refractivity contribution is -0.115. The van der Waals surface area contributed by atoms with Gasteiger partial charge in [-0.2, -0.15) is 0 Å². The van der Waals surface area contributed by atoms with Gasteiger partial charge in [-0.15, -0.1) is 11.3 Å². The minimum absolute atomic E-state index is 0.0945. The molecule has 0 aliphatic rings. The minimum atomic E-state index is -0.0945. The Morgan fingerprint density at radius 1 is 1.37 bits per heavy atom. The van der Waals surface area contributed by atoms with E-state index in [9.17, 15) is 4.79 Å². The molecule has 1 heterocycles. The summed E-state index contributed by atoms with van der Waals surface area (Å²) >= 11 is 1.34. The first-order chi connectivity index (χ1) is 9.04. The minimum Gasteiger partial charge on any atom is -0.378 e. The number of nitrogens with zero attached hydrogens (tertiary/aromatic N) is 2. The number of hydrogen-bond acceptors (Lipinski definition) is 5. The van der Waals surface area contributed by atoms with E-state index in [1.165, 1.54) is 11.3 Å². The molecule has 1 amide bonds. The van der Waals surface area contributed by atoms with Gasteiger partial charge < -0.3 is 16.0 Å². The molecule has 0 aliphatic carbocycles. The highest BCUT2D eigenvalue weighted by Gasteiger charge is 2.07. The molecule has 100 valence electrons. The van der Waals surface area contributed by atoms with Crippen LogP contribution in [0, 0.1) is 0 Å². The van der Waals surface area contributed by atoms with E-state index in [1.54, 1.807) is 5.38 Å². The van der Waals surface area contributed by atoms with E-state index in [0.29, 0.717) is 10.8 Å². The standard InChI is InChI=1S/C13H16N4OS/c1-17(2)11-5-3-9(4-6-11)15-12(18)7-10-8-19-13(14)16-10/h3-6,8H,7H2,1-2H3,(H2,14,16)(H,15,18). The van der Waals surface area contributed by atoms with Crippen molar-refractivity contribution in [3.8, 4) is 0 Å². The quantitative estimate of drug-likeness (QED) is 0.895. The summed E-state index contributed by atoms with van der Waals surface area (Å²) < 4.78 is 0. The Labute approximate surface area is 116 Å². The molecule has 0 atom stereocenters. The van der Waals surface area contributed by atoms with E-state index < -0.39 is 0 Å². The van der Waals surface area contributed by atoms with Crippen molar-refractivity contribution >= 4 is 33.8 Å². The molecule has 3 N–H and O–H groups in total. The van der Waals surface area contributed by atoms with Crippen molar-refractivity contribution in [2.24, 2.45) is 0 Å². The maximum Gasteiger partial charge on any atom is 0.230 e. The number of thiazole rings is 1. The monoisotopic (exact) mass is 276 g/mol. The Morgan fingerprint density at radius 3 is 2.58 bits per heavy atom. The number of nitrogens with two attached hydrogens (primary N) is 1. The van der Waals surface area contributed by atoms with Gasteiger partial charge in [0, 0.05) is 30.9 Å². The number of amides is 1. The maximum absolute atomic E-state index is 11.8. The Kier molecular flexibility index (Phi) is 4.01. The Morgan fingerprint density at radius 2 is 2.05 bits per heavy atom. The summed E-state index contributed by atoms with van der Waals surface area (Å²) in [5.41, 5.74) is 8.09. The summed E-state index contributed by atoms with van der Waals surface area (Å²) in [4.78, 5) is 17.9. The van der Waals surface area contributed by atoms with Crippen LogP contribution in [0.1, 0.15) is 5.69 Å². The second-order valence-corrected chi connectivity index (χ2v) is 5.23. The predicted octanol–water partition coefficient (Wildman–Crippen LogP) is 1.97. The number of nitrogen functional groups attached to an aromatic ring is 1. The smallest absolute Gasteiger partial charge is 0.230 e. The lowest BCUT2D eigenvalue weighted by Gasteiger charge is -2.12. The van der Waals surface area contributed by atoms with Crippen LogP contribution in [-0.4, -0.2) is 25.0 Å². The summed E-state index contributed by atoms with van der Waals surface area (Å²) in [5.74, 6) is -0.0945. The van der Waals surface area contributed by atoms with E-state index in [4.69, 9.17) is 5.73 Å². The van der Waals surface area contributed by atoms with Crippen LogP contribution >= 0.6 is 11.3 Å². The number of carbonyl (C=O) groups excluding carboxylic acids is 1. The first-order valence-electron chi connectivity index (χ1n) is 5.82. The molecular formula is C13H16N4OS. The fraction of sp³-hybridized carbons (Fsp3) is 0.231. The fourth-order valence-electron chi connectivity index (χ4n) is 1.62. The van der Waals surface area contributed by atoms with Crippen molar-refractivity contribution in [2.75, 3.05) is 30.0 Å². The number of anilines is 3. The zero-order valence-electron chi connectivity index (χ0n) is 10.9. The van der Waals surface area contributed by atoms with Crippen molar-refractivity contribution in [2.45, 2.75) is 6.42 Å². The molecule has 0 radical (unpaired) electrons. The number of nitrogens with one attached hydrogen (secondary N) is 1. The molecule has 19 heavy (non-hydrogen) atoms. The van der Waals surface area contributed by atoms with Gasteiger partial charge in [0.2, 0.25) is 5.91 Å². The van der Waals surface area contributed by atoms with Crippen LogP contribution in [0.2, 0.25) is 0 Å². The van der Waals surface area contributed by atoms with E-state index >= 15 is 0 Å². The normalized spacial score (nSPS) is 10.2. The van der Waals surface area contributed by atoms with Crippen LogP contribution < -0.4 is 16.0 Å². The molecule has 0 aliphatic heterocycles. The van der Waals surface area contributed by atoms with Gasteiger partial charge in [0.1, 0.15) is 0 Å². The first-order valence-corrected chi connectivity index (χ1v) is 6.69. The van der Waals surface area contributed by atoms with Crippen molar-refractivity contribution in [3.63, 3.8) is 0 Å². The van der Waals surface area contributed by atoms with Gasteiger partial charge in [-0.3, -0.25) is 4.79 Å². The molecule has 0 saturated heterocycles.